The highest BCUT2D eigenvalue weighted by atomic mass is 16.2. The molecule has 1 aliphatic rings. The van der Waals surface area contributed by atoms with E-state index < -0.39 is 5.41 Å². The Hall–Kier alpha value is -2.89. The second-order valence-corrected chi connectivity index (χ2v) is 7.95. The molecule has 0 bridgehead atoms. The third-order valence-corrected chi connectivity index (χ3v) is 5.50. The molecule has 0 unspecified atom stereocenters. The molecule has 4 rings (SSSR count). The number of nitrogens with zero attached hydrogens (tertiary/aromatic N) is 3. The number of fused-ring (bicyclic) bond motifs is 2. The van der Waals surface area contributed by atoms with E-state index in [0.29, 0.717) is 6.54 Å². The number of hydrogen-bond acceptors (Lipinski definition) is 4. The van der Waals surface area contributed by atoms with Crippen molar-refractivity contribution >= 4 is 28.3 Å². The number of hydrogen-bond donors (Lipinski definition) is 2. The van der Waals surface area contributed by atoms with Gasteiger partial charge in [-0.2, -0.15) is 0 Å². The molecule has 0 saturated heterocycles. The van der Waals surface area contributed by atoms with Gasteiger partial charge in [0.25, 0.3) is 0 Å². The number of H-pyrrole nitrogens is 1. The van der Waals surface area contributed by atoms with Gasteiger partial charge in [-0.05, 0) is 50.1 Å². The third kappa shape index (κ3) is 3.23. The summed E-state index contributed by atoms with van der Waals surface area (Å²) in [5.41, 5.74) is 4.41. The van der Waals surface area contributed by atoms with E-state index >= 15 is 0 Å². The van der Waals surface area contributed by atoms with Gasteiger partial charge in [0.1, 0.15) is 5.82 Å². The summed E-state index contributed by atoms with van der Waals surface area (Å²) < 4.78 is 0. The molecule has 1 amide bonds. The van der Waals surface area contributed by atoms with E-state index in [2.05, 4.69) is 34.3 Å². The van der Waals surface area contributed by atoms with Crippen molar-refractivity contribution in [2.45, 2.75) is 52.0 Å². The summed E-state index contributed by atoms with van der Waals surface area (Å²) in [6, 6.07) is 8.04. The molecule has 6 nitrogen and oxygen atoms in total. The highest BCUT2D eigenvalue weighted by molar-refractivity contribution is 6.09. The Balaban J connectivity index is 1.62. The summed E-state index contributed by atoms with van der Waals surface area (Å²) in [5.74, 6) is 1.05. The second-order valence-electron chi connectivity index (χ2n) is 7.95. The Bertz CT molecular complexity index is 993. The predicted octanol–water partition coefficient (Wildman–Crippen LogP) is 4.38. The van der Waals surface area contributed by atoms with Crippen molar-refractivity contribution in [3.05, 3.63) is 48.0 Å². The van der Waals surface area contributed by atoms with Gasteiger partial charge < -0.3 is 15.2 Å². The molecule has 2 N–H and O–H groups in total. The van der Waals surface area contributed by atoms with Gasteiger partial charge in [-0.1, -0.05) is 19.8 Å². The molecular formula is C22H27N5O. The number of amides is 1. The van der Waals surface area contributed by atoms with E-state index in [0.717, 1.165) is 59.6 Å². The van der Waals surface area contributed by atoms with Crippen molar-refractivity contribution in [1.29, 1.82) is 0 Å². The van der Waals surface area contributed by atoms with Gasteiger partial charge in [-0.25, -0.2) is 4.98 Å². The largest absolute Gasteiger partial charge is 0.377 e. The van der Waals surface area contributed by atoms with Gasteiger partial charge in [0.15, 0.2) is 0 Å². The zero-order valence-electron chi connectivity index (χ0n) is 16.7. The number of carbonyl (C=O) groups excluding carboxylic acids is 1. The molecule has 1 aliphatic heterocycles. The van der Waals surface area contributed by atoms with Crippen molar-refractivity contribution in [2.24, 2.45) is 0 Å². The second kappa shape index (κ2) is 7.26. The highest BCUT2D eigenvalue weighted by Gasteiger charge is 2.43. The topological polar surface area (TPSA) is 73.9 Å². The summed E-state index contributed by atoms with van der Waals surface area (Å²) in [6.07, 6.45) is 6.84. The maximum atomic E-state index is 13.0. The van der Waals surface area contributed by atoms with Crippen molar-refractivity contribution in [2.75, 3.05) is 16.8 Å². The minimum Gasteiger partial charge on any atom is -0.377 e. The number of nitrogens with one attached hydrogen (secondary N) is 2. The van der Waals surface area contributed by atoms with Crippen molar-refractivity contribution in [3.8, 4) is 0 Å². The summed E-state index contributed by atoms with van der Waals surface area (Å²) in [7, 11) is 0. The lowest BCUT2D eigenvalue weighted by atomic mass is 9.86. The normalized spacial score (nSPS) is 15.2. The average Bonchev–Trinajstić information content (AvgIpc) is 3.18. The average molecular weight is 377 g/mol. The fraction of sp³-hybridized carbons (Fsp3) is 0.409. The SMILES string of the molecule is CCCCCN1C(=O)C(C)(C)c2cc3[nH]c(CNc4cccnc4)nc3cc21. The molecule has 3 heterocycles. The molecule has 0 saturated carbocycles. The summed E-state index contributed by atoms with van der Waals surface area (Å²) >= 11 is 0. The number of rotatable bonds is 7. The smallest absolute Gasteiger partial charge is 0.237 e. The van der Waals surface area contributed by atoms with Crippen molar-refractivity contribution in [1.82, 2.24) is 15.0 Å². The Labute approximate surface area is 165 Å². The summed E-state index contributed by atoms with van der Waals surface area (Å²) in [6.45, 7) is 7.57. The summed E-state index contributed by atoms with van der Waals surface area (Å²) in [4.78, 5) is 27.2. The van der Waals surface area contributed by atoms with Crippen molar-refractivity contribution in [3.63, 3.8) is 0 Å². The molecular weight excluding hydrogens is 350 g/mol. The zero-order chi connectivity index (χ0) is 19.7. The van der Waals surface area contributed by atoms with Crippen LogP contribution in [0.1, 0.15) is 51.4 Å². The number of aromatic nitrogens is 3. The molecule has 146 valence electrons. The molecule has 28 heavy (non-hydrogen) atoms. The first-order chi connectivity index (χ1) is 13.5. The lowest BCUT2D eigenvalue weighted by molar-refractivity contribution is -0.122. The molecule has 6 heteroatoms. The van der Waals surface area contributed by atoms with E-state index in [1.165, 1.54) is 0 Å². The fourth-order valence-corrected chi connectivity index (χ4v) is 3.86. The lowest BCUT2D eigenvalue weighted by Crippen LogP contribution is -2.36. The minimum atomic E-state index is -0.505. The molecule has 2 aromatic heterocycles. The van der Waals surface area contributed by atoms with Gasteiger partial charge in [0.2, 0.25) is 5.91 Å². The molecule has 0 radical (unpaired) electrons. The number of unbranched alkanes of at least 4 members (excludes halogenated alkanes) is 2. The van der Waals surface area contributed by atoms with Crippen LogP contribution in [0.15, 0.2) is 36.7 Å². The molecule has 0 spiro atoms. The van der Waals surface area contributed by atoms with Crippen LogP contribution in [0.2, 0.25) is 0 Å². The van der Waals surface area contributed by atoms with E-state index in [9.17, 15) is 4.79 Å². The van der Waals surface area contributed by atoms with Crippen LogP contribution in [-0.2, 0) is 16.8 Å². The van der Waals surface area contributed by atoms with Crippen LogP contribution in [0.3, 0.4) is 0 Å². The van der Waals surface area contributed by atoms with Crippen molar-refractivity contribution < 1.29 is 4.79 Å². The van der Waals surface area contributed by atoms with Crippen LogP contribution >= 0.6 is 0 Å². The Morgan fingerprint density at radius 1 is 1.25 bits per heavy atom. The van der Waals surface area contributed by atoms with Crippen LogP contribution in [0.4, 0.5) is 11.4 Å². The maximum Gasteiger partial charge on any atom is 0.237 e. The van der Waals surface area contributed by atoms with Gasteiger partial charge in [-0.15, -0.1) is 0 Å². The number of imidazole rings is 1. The Morgan fingerprint density at radius 2 is 2.11 bits per heavy atom. The fourth-order valence-electron chi connectivity index (χ4n) is 3.86. The van der Waals surface area contributed by atoms with Gasteiger partial charge >= 0.3 is 0 Å². The standard InChI is InChI=1S/C22H27N5O/c1-4-5-6-10-27-19-12-18-17(11-16(19)22(2,3)21(27)28)25-20(26-18)14-24-15-8-7-9-23-13-15/h7-9,11-13,24H,4-6,10,14H2,1-3H3,(H,25,26). The number of aromatic amines is 1. The van der Waals surface area contributed by atoms with Crippen LogP contribution in [0, 0.1) is 0 Å². The number of carbonyl (C=O) groups is 1. The molecule has 0 atom stereocenters. The molecule has 0 aliphatic carbocycles. The van der Waals surface area contributed by atoms with Gasteiger partial charge in [0.05, 0.1) is 34.4 Å². The predicted molar refractivity (Wildman–Crippen MR) is 113 cm³/mol. The molecule has 0 fully saturated rings. The maximum absolute atomic E-state index is 13.0. The third-order valence-electron chi connectivity index (χ3n) is 5.50. The van der Waals surface area contributed by atoms with E-state index in [-0.39, 0.29) is 5.91 Å². The van der Waals surface area contributed by atoms with Crippen LogP contribution < -0.4 is 10.2 Å². The number of pyridine rings is 1. The van der Waals surface area contributed by atoms with Gasteiger partial charge in [-0.3, -0.25) is 9.78 Å². The van der Waals surface area contributed by atoms with E-state index in [1.807, 2.05) is 30.9 Å². The summed E-state index contributed by atoms with van der Waals surface area (Å²) in [5, 5.41) is 3.32. The highest BCUT2D eigenvalue weighted by Crippen LogP contribution is 2.43. The van der Waals surface area contributed by atoms with Crippen LogP contribution in [0.25, 0.3) is 11.0 Å². The first kappa shape index (κ1) is 18.5. The van der Waals surface area contributed by atoms with E-state index in [1.54, 1.807) is 12.4 Å². The monoisotopic (exact) mass is 377 g/mol. The number of benzene rings is 1. The quantitative estimate of drug-likeness (QED) is 0.599. The first-order valence-corrected chi connectivity index (χ1v) is 9.99. The number of anilines is 2. The molecule has 1 aromatic carbocycles. The first-order valence-electron chi connectivity index (χ1n) is 9.99. The van der Waals surface area contributed by atoms with Gasteiger partial charge in [0, 0.05) is 18.9 Å². The van der Waals surface area contributed by atoms with Crippen LogP contribution in [0.5, 0.6) is 0 Å². The zero-order valence-corrected chi connectivity index (χ0v) is 16.7. The Morgan fingerprint density at radius 3 is 2.86 bits per heavy atom. The molecule has 3 aromatic rings. The minimum absolute atomic E-state index is 0.185. The van der Waals surface area contributed by atoms with Crippen LogP contribution in [-0.4, -0.2) is 27.4 Å². The Kier molecular flexibility index (Phi) is 4.79. The van der Waals surface area contributed by atoms with E-state index in [4.69, 9.17) is 4.98 Å². The lowest BCUT2D eigenvalue weighted by Gasteiger charge is -2.20.